The van der Waals surface area contributed by atoms with Crippen molar-refractivity contribution in [1.82, 2.24) is 25.5 Å². The fourth-order valence-electron chi connectivity index (χ4n) is 1.18. The SMILES string of the molecule is c1cnc(CNCc2ccnnc2)cn1. The smallest absolute Gasteiger partial charge is 0.0724 e. The lowest BCUT2D eigenvalue weighted by Gasteiger charge is -2.02. The van der Waals surface area contributed by atoms with Crippen LogP contribution in [-0.2, 0) is 13.1 Å². The Morgan fingerprint density at radius 3 is 2.73 bits per heavy atom. The summed E-state index contributed by atoms with van der Waals surface area (Å²) in [4.78, 5) is 8.14. The lowest BCUT2D eigenvalue weighted by molar-refractivity contribution is 0.673. The highest BCUT2D eigenvalue weighted by molar-refractivity contribution is 5.05. The van der Waals surface area contributed by atoms with Crippen molar-refractivity contribution in [3.8, 4) is 0 Å². The van der Waals surface area contributed by atoms with Gasteiger partial charge in [-0.05, 0) is 11.6 Å². The molecule has 15 heavy (non-hydrogen) atoms. The summed E-state index contributed by atoms with van der Waals surface area (Å²) in [5.74, 6) is 0. The van der Waals surface area contributed by atoms with Gasteiger partial charge in [-0.3, -0.25) is 9.97 Å². The molecular weight excluding hydrogens is 190 g/mol. The van der Waals surface area contributed by atoms with E-state index in [2.05, 4.69) is 25.5 Å². The molecule has 0 aromatic carbocycles. The maximum atomic E-state index is 4.16. The molecule has 0 unspecified atom stereocenters. The minimum absolute atomic E-state index is 0.705. The summed E-state index contributed by atoms with van der Waals surface area (Å²) in [6.07, 6.45) is 8.52. The normalized spacial score (nSPS) is 10.1. The lowest BCUT2D eigenvalue weighted by Crippen LogP contribution is -2.13. The van der Waals surface area contributed by atoms with Crippen LogP contribution in [0.2, 0.25) is 0 Å². The van der Waals surface area contributed by atoms with E-state index in [9.17, 15) is 0 Å². The molecule has 0 aliphatic rings. The zero-order valence-electron chi connectivity index (χ0n) is 8.17. The Hall–Kier alpha value is -1.88. The monoisotopic (exact) mass is 201 g/mol. The number of aromatic nitrogens is 4. The molecule has 0 radical (unpaired) electrons. The molecule has 2 rings (SSSR count). The van der Waals surface area contributed by atoms with Gasteiger partial charge in [0.05, 0.1) is 11.9 Å². The van der Waals surface area contributed by atoms with Crippen LogP contribution in [0.25, 0.3) is 0 Å². The summed E-state index contributed by atoms with van der Waals surface area (Å²) < 4.78 is 0. The van der Waals surface area contributed by atoms with Gasteiger partial charge in [-0.25, -0.2) is 0 Å². The highest BCUT2D eigenvalue weighted by Gasteiger charge is 1.94. The number of rotatable bonds is 4. The zero-order valence-corrected chi connectivity index (χ0v) is 8.17. The minimum Gasteiger partial charge on any atom is -0.307 e. The third-order valence-electron chi connectivity index (χ3n) is 1.90. The average Bonchev–Trinajstić information content (AvgIpc) is 2.32. The molecule has 0 saturated carbocycles. The second-order valence-corrected chi connectivity index (χ2v) is 3.05. The van der Waals surface area contributed by atoms with Crippen LogP contribution >= 0.6 is 0 Å². The molecule has 2 heterocycles. The van der Waals surface area contributed by atoms with Crippen molar-refractivity contribution in [3.63, 3.8) is 0 Å². The quantitative estimate of drug-likeness (QED) is 0.782. The molecule has 0 spiro atoms. The van der Waals surface area contributed by atoms with E-state index in [1.54, 1.807) is 31.0 Å². The maximum absolute atomic E-state index is 4.16. The number of nitrogens with one attached hydrogen (secondary N) is 1. The number of nitrogens with zero attached hydrogens (tertiary/aromatic N) is 4. The third kappa shape index (κ3) is 3.07. The van der Waals surface area contributed by atoms with Crippen molar-refractivity contribution >= 4 is 0 Å². The highest BCUT2D eigenvalue weighted by Crippen LogP contribution is 1.94. The fraction of sp³-hybridized carbons (Fsp3) is 0.200. The summed E-state index contributed by atoms with van der Waals surface area (Å²) in [7, 11) is 0. The molecule has 2 aromatic rings. The van der Waals surface area contributed by atoms with Crippen molar-refractivity contribution < 1.29 is 0 Å². The van der Waals surface area contributed by atoms with Gasteiger partial charge in [-0.1, -0.05) is 0 Å². The van der Waals surface area contributed by atoms with E-state index in [0.717, 1.165) is 17.8 Å². The molecule has 0 amide bonds. The van der Waals surface area contributed by atoms with Crippen molar-refractivity contribution in [2.45, 2.75) is 13.1 Å². The van der Waals surface area contributed by atoms with Gasteiger partial charge in [-0.2, -0.15) is 10.2 Å². The van der Waals surface area contributed by atoms with Crippen LogP contribution < -0.4 is 5.32 Å². The van der Waals surface area contributed by atoms with E-state index in [1.165, 1.54) is 0 Å². The summed E-state index contributed by atoms with van der Waals surface area (Å²) >= 11 is 0. The van der Waals surface area contributed by atoms with Gasteiger partial charge < -0.3 is 5.32 Å². The predicted octanol–water partition coefficient (Wildman–Crippen LogP) is 0.556. The molecule has 0 aliphatic heterocycles. The topological polar surface area (TPSA) is 63.6 Å². The van der Waals surface area contributed by atoms with Gasteiger partial charge >= 0.3 is 0 Å². The van der Waals surface area contributed by atoms with Gasteiger partial charge in [0.2, 0.25) is 0 Å². The largest absolute Gasteiger partial charge is 0.307 e. The Bertz CT molecular complexity index is 350. The molecule has 1 N–H and O–H groups in total. The Morgan fingerprint density at radius 2 is 2.00 bits per heavy atom. The average molecular weight is 201 g/mol. The van der Waals surface area contributed by atoms with Gasteiger partial charge in [0.25, 0.3) is 0 Å². The van der Waals surface area contributed by atoms with Crippen molar-refractivity contribution in [2.75, 3.05) is 0 Å². The Morgan fingerprint density at radius 1 is 1.00 bits per heavy atom. The van der Waals surface area contributed by atoms with Crippen LogP contribution in [-0.4, -0.2) is 20.2 Å². The van der Waals surface area contributed by atoms with Gasteiger partial charge in [0.1, 0.15) is 0 Å². The first kappa shape index (κ1) is 9.67. The third-order valence-corrected chi connectivity index (χ3v) is 1.90. The first-order valence-corrected chi connectivity index (χ1v) is 4.66. The van der Waals surface area contributed by atoms with E-state index in [-0.39, 0.29) is 0 Å². The molecule has 0 aliphatic carbocycles. The van der Waals surface area contributed by atoms with Crippen LogP contribution in [0.5, 0.6) is 0 Å². The maximum Gasteiger partial charge on any atom is 0.0724 e. The van der Waals surface area contributed by atoms with Crippen LogP contribution in [0, 0.1) is 0 Å². The van der Waals surface area contributed by atoms with E-state index in [1.807, 2.05) is 6.07 Å². The fourth-order valence-corrected chi connectivity index (χ4v) is 1.18. The Balaban J connectivity index is 1.81. The molecule has 5 nitrogen and oxygen atoms in total. The lowest BCUT2D eigenvalue weighted by atomic mass is 10.3. The van der Waals surface area contributed by atoms with E-state index in [0.29, 0.717) is 6.54 Å². The van der Waals surface area contributed by atoms with Gasteiger partial charge in [0, 0.05) is 37.9 Å². The van der Waals surface area contributed by atoms with Crippen molar-refractivity contribution in [3.05, 3.63) is 48.3 Å². The molecule has 5 heteroatoms. The standard InChI is InChI=1S/C10H11N5/c1-2-14-15-6-9(1)5-12-8-10-7-11-3-4-13-10/h1-4,6-7,12H,5,8H2. The van der Waals surface area contributed by atoms with Crippen LogP contribution in [0.4, 0.5) is 0 Å². The first-order chi connectivity index (χ1) is 7.45. The number of hydrogen-bond donors (Lipinski definition) is 1. The first-order valence-electron chi connectivity index (χ1n) is 4.66. The molecule has 0 saturated heterocycles. The van der Waals surface area contributed by atoms with E-state index < -0.39 is 0 Å². The van der Waals surface area contributed by atoms with Crippen LogP contribution in [0.1, 0.15) is 11.3 Å². The van der Waals surface area contributed by atoms with Crippen LogP contribution in [0.15, 0.2) is 37.1 Å². The summed E-state index contributed by atoms with van der Waals surface area (Å²) in [5.41, 5.74) is 2.04. The van der Waals surface area contributed by atoms with Crippen molar-refractivity contribution in [1.29, 1.82) is 0 Å². The molecule has 0 fully saturated rings. The summed E-state index contributed by atoms with van der Waals surface area (Å²) in [5, 5.41) is 10.8. The second-order valence-electron chi connectivity index (χ2n) is 3.05. The molecule has 2 aromatic heterocycles. The highest BCUT2D eigenvalue weighted by atomic mass is 15.1. The van der Waals surface area contributed by atoms with E-state index >= 15 is 0 Å². The number of hydrogen-bond acceptors (Lipinski definition) is 5. The van der Waals surface area contributed by atoms with Crippen molar-refractivity contribution in [2.24, 2.45) is 0 Å². The molecule has 76 valence electrons. The zero-order chi connectivity index (χ0) is 10.3. The summed E-state index contributed by atoms with van der Waals surface area (Å²) in [6, 6.07) is 1.93. The summed E-state index contributed by atoms with van der Waals surface area (Å²) in [6.45, 7) is 1.46. The Labute approximate surface area is 87.6 Å². The second kappa shape index (κ2) is 5.11. The van der Waals surface area contributed by atoms with Crippen LogP contribution in [0.3, 0.4) is 0 Å². The molecular formula is C10H11N5. The van der Waals surface area contributed by atoms with Gasteiger partial charge in [-0.15, -0.1) is 0 Å². The van der Waals surface area contributed by atoms with E-state index in [4.69, 9.17) is 0 Å². The molecule has 0 atom stereocenters. The van der Waals surface area contributed by atoms with Gasteiger partial charge in [0.15, 0.2) is 0 Å². The molecule has 0 bridgehead atoms. The predicted molar refractivity (Wildman–Crippen MR) is 54.6 cm³/mol. The minimum atomic E-state index is 0.705. The Kier molecular flexibility index (Phi) is 3.30.